The standard InChI is InChI=1S/C14H22N4/c1-4-18(5-2)10-11(3)15-14-16-12-8-6-7-9-13(12)17-14/h6-9,11H,4-5,10H2,1-3H3,(H2,15,16,17). The highest BCUT2D eigenvalue weighted by Crippen LogP contribution is 2.14. The summed E-state index contributed by atoms with van der Waals surface area (Å²) in [5.41, 5.74) is 2.09. The first-order valence-corrected chi connectivity index (χ1v) is 6.66. The van der Waals surface area contributed by atoms with E-state index in [2.05, 4.69) is 41.0 Å². The molecule has 18 heavy (non-hydrogen) atoms. The van der Waals surface area contributed by atoms with Crippen LogP contribution in [0, 0.1) is 0 Å². The highest BCUT2D eigenvalue weighted by Gasteiger charge is 2.09. The van der Waals surface area contributed by atoms with Gasteiger partial charge in [-0.1, -0.05) is 26.0 Å². The number of aromatic amines is 1. The molecule has 1 heterocycles. The number of anilines is 1. The van der Waals surface area contributed by atoms with Crippen LogP contribution in [0.3, 0.4) is 0 Å². The molecule has 98 valence electrons. The van der Waals surface area contributed by atoms with Gasteiger partial charge >= 0.3 is 0 Å². The van der Waals surface area contributed by atoms with Crippen LogP contribution in [0.5, 0.6) is 0 Å². The van der Waals surface area contributed by atoms with Gasteiger partial charge in [-0.25, -0.2) is 4.98 Å². The smallest absolute Gasteiger partial charge is 0.201 e. The Bertz CT molecular complexity index is 454. The third kappa shape index (κ3) is 3.01. The molecule has 0 bridgehead atoms. The Morgan fingerprint density at radius 3 is 2.67 bits per heavy atom. The van der Waals surface area contributed by atoms with Crippen molar-refractivity contribution in [1.29, 1.82) is 0 Å². The zero-order valence-electron chi connectivity index (χ0n) is 11.4. The average molecular weight is 246 g/mol. The Morgan fingerprint density at radius 2 is 2.00 bits per heavy atom. The number of likely N-dealkylation sites (N-methyl/N-ethyl adjacent to an activating group) is 1. The lowest BCUT2D eigenvalue weighted by atomic mass is 10.3. The van der Waals surface area contributed by atoms with Crippen molar-refractivity contribution in [2.45, 2.75) is 26.8 Å². The number of aromatic nitrogens is 2. The van der Waals surface area contributed by atoms with Crippen LogP contribution >= 0.6 is 0 Å². The van der Waals surface area contributed by atoms with Gasteiger partial charge in [0.2, 0.25) is 5.95 Å². The van der Waals surface area contributed by atoms with Crippen molar-refractivity contribution in [3.63, 3.8) is 0 Å². The van der Waals surface area contributed by atoms with Crippen LogP contribution in [-0.2, 0) is 0 Å². The van der Waals surface area contributed by atoms with Crippen molar-refractivity contribution in [3.8, 4) is 0 Å². The molecule has 4 nitrogen and oxygen atoms in total. The normalized spacial score (nSPS) is 13.1. The fourth-order valence-electron chi connectivity index (χ4n) is 2.17. The molecular weight excluding hydrogens is 224 g/mol. The summed E-state index contributed by atoms with van der Waals surface area (Å²) < 4.78 is 0. The minimum absolute atomic E-state index is 0.380. The SMILES string of the molecule is CCN(CC)CC(C)Nc1nc2ccccc2[nH]1. The third-order valence-electron chi connectivity index (χ3n) is 3.20. The summed E-state index contributed by atoms with van der Waals surface area (Å²) in [5, 5.41) is 3.42. The second kappa shape index (κ2) is 5.87. The van der Waals surface area contributed by atoms with Crippen LogP contribution in [0.4, 0.5) is 5.95 Å². The minimum Gasteiger partial charge on any atom is -0.352 e. The number of nitrogens with one attached hydrogen (secondary N) is 2. The lowest BCUT2D eigenvalue weighted by Crippen LogP contribution is -2.34. The van der Waals surface area contributed by atoms with Crippen LogP contribution in [0.15, 0.2) is 24.3 Å². The molecule has 0 spiro atoms. The van der Waals surface area contributed by atoms with Crippen molar-refractivity contribution >= 4 is 17.0 Å². The van der Waals surface area contributed by atoms with E-state index in [0.717, 1.165) is 36.6 Å². The van der Waals surface area contributed by atoms with Crippen LogP contribution in [0.1, 0.15) is 20.8 Å². The first-order chi connectivity index (χ1) is 8.72. The molecule has 1 aromatic heterocycles. The van der Waals surface area contributed by atoms with E-state index in [1.54, 1.807) is 0 Å². The largest absolute Gasteiger partial charge is 0.352 e. The van der Waals surface area contributed by atoms with Gasteiger partial charge in [-0.15, -0.1) is 0 Å². The number of fused-ring (bicyclic) bond motifs is 1. The Kier molecular flexibility index (Phi) is 4.20. The fourth-order valence-corrected chi connectivity index (χ4v) is 2.17. The minimum atomic E-state index is 0.380. The van der Waals surface area contributed by atoms with Gasteiger partial charge in [-0.05, 0) is 32.1 Å². The Balaban J connectivity index is 2.00. The number of H-pyrrole nitrogens is 1. The second-order valence-electron chi connectivity index (χ2n) is 4.63. The molecular formula is C14H22N4. The Hall–Kier alpha value is -1.55. The molecule has 1 aromatic carbocycles. The van der Waals surface area contributed by atoms with Crippen LogP contribution in [-0.4, -0.2) is 40.5 Å². The van der Waals surface area contributed by atoms with Gasteiger partial charge in [0.25, 0.3) is 0 Å². The predicted molar refractivity (Wildman–Crippen MR) is 77.0 cm³/mol. The number of imidazole rings is 1. The lowest BCUT2D eigenvalue weighted by Gasteiger charge is -2.23. The summed E-state index contributed by atoms with van der Waals surface area (Å²) in [6.45, 7) is 9.77. The van der Waals surface area contributed by atoms with E-state index < -0.39 is 0 Å². The van der Waals surface area contributed by atoms with E-state index in [9.17, 15) is 0 Å². The van der Waals surface area contributed by atoms with Gasteiger partial charge in [0, 0.05) is 12.6 Å². The zero-order valence-corrected chi connectivity index (χ0v) is 11.4. The second-order valence-corrected chi connectivity index (χ2v) is 4.63. The molecule has 2 rings (SSSR count). The molecule has 4 heteroatoms. The van der Waals surface area contributed by atoms with Crippen molar-refractivity contribution in [2.24, 2.45) is 0 Å². The van der Waals surface area contributed by atoms with Gasteiger partial charge in [-0.2, -0.15) is 0 Å². The molecule has 0 saturated heterocycles. The van der Waals surface area contributed by atoms with E-state index in [0.29, 0.717) is 6.04 Å². The molecule has 0 saturated carbocycles. The zero-order chi connectivity index (χ0) is 13.0. The molecule has 1 atom stereocenters. The van der Waals surface area contributed by atoms with Crippen molar-refractivity contribution in [3.05, 3.63) is 24.3 Å². The molecule has 0 amide bonds. The van der Waals surface area contributed by atoms with E-state index in [-0.39, 0.29) is 0 Å². The summed E-state index contributed by atoms with van der Waals surface area (Å²) in [5.74, 6) is 0.857. The van der Waals surface area contributed by atoms with E-state index >= 15 is 0 Å². The van der Waals surface area contributed by atoms with Crippen LogP contribution in [0.2, 0.25) is 0 Å². The van der Waals surface area contributed by atoms with E-state index in [4.69, 9.17) is 0 Å². The fraction of sp³-hybridized carbons (Fsp3) is 0.500. The maximum atomic E-state index is 4.53. The van der Waals surface area contributed by atoms with Crippen molar-refractivity contribution < 1.29 is 0 Å². The summed E-state index contributed by atoms with van der Waals surface area (Å²) in [6, 6.07) is 8.47. The number of nitrogens with zero attached hydrogens (tertiary/aromatic N) is 2. The number of hydrogen-bond acceptors (Lipinski definition) is 3. The number of rotatable bonds is 6. The van der Waals surface area contributed by atoms with Gasteiger partial charge in [0.1, 0.15) is 0 Å². The summed E-state index contributed by atoms with van der Waals surface area (Å²) in [6.07, 6.45) is 0. The van der Waals surface area contributed by atoms with Gasteiger partial charge in [0.05, 0.1) is 11.0 Å². The highest BCUT2D eigenvalue weighted by molar-refractivity contribution is 5.77. The number of para-hydroxylation sites is 2. The van der Waals surface area contributed by atoms with Crippen LogP contribution < -0.4 is 5.32 Å². The molecule has 0 aliphatic rings. The maximum Gasteiger partial charge on any atom is 0.201 e. The molecule has 0 aliphatic carbocycles. The van der Waals surface area contributed by atoms with E-state index in [1.165, 1.54) is 0 Å². The molecule has 0 fully saturated rings. The van der Waals surface area contributed by atoms with Crippen molar-refractivity contribution in [2.75, 3.05) is 25.0 Å². The molecule has 2 aromatic rings. The molecule has 2 N–H and O–H groups in total. The summed E-state index contributed by atoms with van der Waals surface area (Å²) >= 11 is 0. The quantitative estimate of drug-likeness (QED) is 0.823. The summed E-state index contributed by atoms with van der Waals surface area (Å²) in [7, 11) is 0. The van der Waals surface area contributed by atoms with E-state index in [1.807, 2.05) is 24.3 Å². The predicted octanol–water partition coefficient (Wildman–Crippen LogP) is 2.71. The lowest BCUT2D eigenvalue weighted by molar-refractivity contribution is 0.294. The van der Waals surface area contributed by atoms with Crippen molar-refractivity contribution in [1.82, 2.24) is 14.9 Å². The Labute approximate surface area is 108 Å². The first kappa shape index (κ1) is 12.9. The van der Waals surface area contributed by atoms with Crippen LogP contribution in [0.25, 0.3) is 11.0 Å². The first-order valence-electron chi connectivity index (χ1n) is 6.66. The van der Waals surface area contributed by atoms with Gasteiger partial charge in [-0.3, -0.25) is 0 Å². The topological polar surface area (TPSA) is 44.0 Å². The molecule has 0 aliphatic heterocycles. The van der Waals surface area contributed by atoms with Gasteiger partial charge < -0.3 is 15.2 Å². The Morgan fingerprint density at radius 1 is 1.28 bits per heavy atom. The summed E-state index contributed by atoms with van der Waals surface area (Å²) in [4.78, 5) is 10.2. The number of hydrogen-bond donors (Lipinski definition) is 2. The maximum absolute atomic E-state index is 4.53. The number of benzene rings is 1. The molecule has 1 unspecified atom stereocenters. The average Bonchev–Trinajstić information content (AvgIpc) is 2.77. The monoisotopic (exact) mass is 246 g/mol. The molecule has 0 radical (unpaired) electrons. The highest BCUT2D eigenvalue weighted by atomic mass is 15.2. The third-order valence-corrected chi connectivity index (χ3v) is 3.20. The van der Waals surface area contributed by atoms with Gasteiger partial charge in [0.15, 0.2) is 0 Å².